The Labute approximate surface area is 152 Å². The summed E-state index contributed by atoms with van der Waals surface area (Å²) in [6.07, 6.45) is 4.98. The lowest BCUT2D eigenvalue weighted by molar-refractivity contribution is -0.123. The third-order valence-corrected chi connectivity index (χ3v) is 4.60. The number of carbonyl (C=O) groups is 2. The molecule has 2 amide bonds. The van der Waals surface area contributed by atoms with Crippen LogP contribution in [0.2, 0.25) is 5.02 Å². The molecule has 0 radical (unpaired) electrons. The average Bonchev–Trinajstić information content (AvgIpc) is 2.62. The molecule has 0 fully saturated rings. The molecule has 4 nitrogen and oxygen atoms in total. The van der Waals surface area contributed by atoms with Crippen LogP contribution in [0.25, 0.3) is 0 Å². The van der Waals surface area contributed by atoms with Gasteiger partial charge < -0.3 is 10.6 Å². The van der Waals surface area contributed by atoms with Crippen molar-refractivity contribution in [3.8, 4) is 0 Å². The van der Waals surface area contributed by atoms with Crippen molar-refractivity contribution in [1.29, 1.82) is 0 Å². The Kier molecular flexibility index (Phi) is 5.71. The summed E-state index contributed by atoms with van der Waals surface area (Å²) < 4.78 is 0. The van der Waals surface area contributed by atoms with Gasteiger partial charge in [0, 0.05) is 10.7 Å². The second-order valence-electron chi connectivity index (χ2n) is 6.32. The molecule has 0 saturated carbocycles. The predicted molar refractivity (Wildman–Crippen MR) is 99.9 cm³/mol. The molecule has 1 aliphatic carbocycles. The number of hydrogen-bond donors (Lipinski definition) is 2. The van der Waals surface area contributed by atoms with Gasteiger partial charge in [0.15, 0.2) is 0 Å². The van der Waals surface area contributed by atoms with E-state index in [0.29, 0.717) is 17.1 Å². The summed E-state index contributed by atoms with van der Waals surface area (Å²) in [4.78, 5) is 24.0. The largest absolute Gasteiger partial charge is 0.347 e. The number of rotatable bonds is 5. The zero-order valence-electron chi connectivity index (χ0n) is 14.0. The number of halogens is 1. The summed E-state index contributed by atoms with van der Waals surface area (Å²) in [5.41, 5.74) is 4.41. The van der Waals surface area contributed by atoms with Crippen molar-refractivity contribution >= 4 is 29.1 Å². The molecule has 1 aliphatic rings. The van der Waals surface area contributed by atoms with E-state index >= 15 is 0 Å². The van der Waals surface area contributed by atoms with Gasteiger partial charge in [0.25, 0.3) is 0 Å². The summed E-state index contributed by atoms with van der Waals surface area (Å²) in [5.74, 6) is -0.414. The summed E-state index contributed by atoms with van der Waals surface area (Å²) in [6, 6.07) is 13.1. The zero-order valence-corrected chi connectivity index (χ0v) is 14.7. The van der Waals surface area contributed by atoms with E-state index < -0.39 is 0 Å². The van der Waals surface area contributed by atoms with Gasteiger partial charge in [-0.25, -0.2) is 0 Å². The Morgan fingerprint density at radius 3 is 2.40 bits per heavy atom. The average molecular weight is 357 g/mol. The molecule has 2 aromatic carbocycles. The molecule has 0 aliphatic heterocycles. The third kappa shape index (κ3) is 5.07. The van der Waals surface area contributed by atoms with Crippen molar-refractivity contribution in [3.05, 3.63) is 64.2 Å². The molecule has 3 rings (SSSR count). The van der Waals surface area contributed by atoms with Gasteiger partial charge in [-0.15, -0.1) is 0 Å². The highest BCUT2D eigenvalue weighted by molar-refractivity contribution is 6.30. The molecule has 130 valence electrons. The quantitative estimate of drug-likeness (QED) is 0.861. The smallest absolute Gasteiger partial charge is 0.243 e. The van der Waals surface area contributed by atoms with Crippen LogP contribution in [-0.2, 0) is 28.9 Å². The van der Waals surface area contributed by atoms with Crippen molar-refractivity contribution in [1.82, 2.24) is 5.32 Å². The Morgan fingerprint density at radius 1 is 0.920 bits per heavy atom. The highest BCUT2D eigenvalue weighted by Crippen LogP contribution is 2.22. The van der Waals surface area contributed by atoms with Crippen molar-refractivity contribution < 1.29 is 9.59 Å². The maximum Gasteiger partial charge on any atom is 0.243 e. The maximum atomic E-state index is 12.1. The minimum atomic E-state index is -0.263. The highest BCUT2D eigenvalue weighted by atomic mass is 35.5. The lowest BCUT2D eigenvalue weighted by Gasteiger charge is -2.16. The number of amides is 2. The molecule has 5 heteroatoms. The normalized spacial score (nSPS) is 13.0. The molecule has 2 aromatic rings. The van der Waals surface area contributed by atoms with Crippen molar-refractivity contribution in [2.45, 2.75) is 32.1 Å². The minimum absolute atomic E-state index is 0.0492. The first-order valence-electron chi connectivity index (χ1n) is 8.53. The van der Waals surface area contributed by atoms with E-state index in [1.54, 1.807) is 24.3 Å². The van der Waals surface area contributed by atoms with E-state index in [4.69, 9.17) is 11.6 Å². The van der Waals surface area contributed by atoms with E-state index in [-0.39, 0.29) is 18.4 Å². The first-order valence-corrected chi connectivity index (χ1v) is 8.91. The molecule has 0 aromatic heterocycles. The molecule has 0 atom stereocenters. The van der Waals surface area contributed by atoms with Crippen LogP contribution in [0.15, 0.2) is 42.5 Å². The molecule has 2 N–H and O–H groups in total. The number of aryl methyl sites for hydroxylation is 2. The van der Waals surface area contributed by atoms with Crippen LogP contribution in [0.3, 0.4) is 0 Å². The van der Waals surface area contributed by atoms with Gasteiger partial charge in [-0.1, -0.05) is 29.8 Å². The van der Waals surface area contributed by atoms with E-state index in [9.17, 15) is 9.59 Å². The molecule has 0 heterocycles. The van der Waals surface area contributed by atoms with Gasteiger partial charge >= 0.3 is 0 Å². The molecular weight excluding hydrogens is 336 g/mol. The number of fused-ring (bicyclic) bond motifs is 1. The van der Waals surface area contributed by atoms with Crippen molar-refractivity contribution in [3.63, 3.8) is 0 Å². The molecule has 0 spiro atoms. The zero-order chi connectivity index (χ0) is 17.6. The number of carbonyl (C=O) groups excluding carboxylic acids is 2. The topological polar surface area (TPSA) is 58.2 Å². The standard InChI is InChI=1S/C20H21ClN2O2/c21-17-7-9-18(10-8-17)23-20(25)13-22-19(24)12-14-5-6-15-3-1-2-4-16(15)11-14/h5-11H,1-4,12-13H2,(H,22,24)(H,23,25). The fourth-order valence-electron chi connectivity index (χ4n) is 3.06. The Morgan fingerprint density at radius 2 is 1.64 bits per heavy atom. The van der Waals surface area contributed by atoms with Gasteiger partial charge in [0.2, 0.25) is 11.8 Å². The molecule has 0 unspecified atom stereocenters. The van der Waals surface area contributed by atoms with Crippen LogP contribution in [-0.4, -0.2) is 18.4 Å². The Bertz CT molecular complexity index is 772. The molecule has 0 bridgehead atoms. The SMILES string of the molecule is O=C(Cc1ccc2c(c1)CCCC2)NCC(=O)Nc1ccc(Cl)cc1. The summed E-state index contributed by atoms with van der Waals surface area (Å²) in [6.45, 7) is -0.0492. The first-order chi connectivity index (χ1) is 12.1. The molecule has 0 saturated heterocycles. The van der Waals surface area contributed by atoms with E-state index in [2.05, 4.69) is 22.8 Å². The summed E-state index contributed by atoms with van der Waals surface area (Å²) in [5, 5.41) is 5.99. The lowest BCUT2D eigenvalue weighted by atomic mass is 9.90. The van der Waals surface area contributed by atoms with Crippen molar-refractivity contribution in [2.75, 3.05) is 11.9 Å². The van der Waals surface area contributed by atoms with E-state index in [0.717, 1.165) is 18.4 Å². The minimum Gasteiger partial charge on any atom is -0.347 e. The van der Waals surface area contributed by atoms with E-state index in [1.165, 1.54) is 24.0 Å². The molecular formula is C20H21ClN2O2. The first kappa shape index (κ1) is 17.5. The molecule has 25 heavy (non-hydrogen) atoms. The summed E-state index contributed by atoms with van der Waals surface area (Å²) in [7, 11) is 0. The Balaban J connectivity index is 1.47. The fourth-order valence-corrected chi connectivity index (χ4v) is 3.19. The lowest BCUT2D eigenvalue weighted by Crippen LogP contribution is -2.33. The summed E-state index contributed by atoms with van der Waals surface area (Å²) >= 11 is 5.80. The van der Waals surface area contributed by atoms with Crippen LogP contribution in [0, 0.1) is 0 Å². The van der Waals surface area contributed by atoms with Gasteiger partial charge in [-0.2, -0.15) is 0 Å². The van der Waals surface area contributed by atoms with Crippen LogP contribution in [0.5, 0.6) is 0 Å². The number of benzene rings is 2. The van der Waals surface area contributed by atoms with Crippen LogP contribution in [0.4, 0.5) is 5.69 Å². The maximum absolute atomic E-state index is 12.1. The number of hydrogen-bond acceptors (Lipinski definition) is 2. The van der Waals surface area contributed by atoms with Crippen LogP contribution in [0.1, 0.15) is 29.5 Å². The number of anilines is 1. The third-order valence-electron chi connectivity index (χ3n) is 4.35. The highest BCUT2D eigenvalue weighted by Gasteiger charge is 2.12. The monoisotopic (exact) mass is 356 g/mol. The van der Waals surface area contributed by atoms with Gasteiger partial charge in [0.05, 0.1) is 13.0 Å². The van der Waals surface area contributed by atoms with Gasteiger partial charge in [-0.05, 0) is 66.6 Å². The van der Waals surface area contributed by atoms with Gasteiger partial charge in [-0.3, -0.25) is 9.59 Å². The second kappa shape index (κ2) is 8.17. The van der Waals surface area contributed by atoms with Crippen LogP contribution < -0.4 is 10.6 Å². The number of nitrogens with one attached hydrogen (secondary N) is 2. The van der Waals surface area contributed by atoms with Crippen molar-refractivity contribution in [2.24, 2.45) is 0 Å². The predicted octanol–water partition coefficient (Wildman–Crippen LogP) is 3.52. The fraction of sp³-hybridized carbons (Fsp3) is 0.300. The second-order valence-corrected chi connectivity index (χ2v) is 6.76. The Hall–Kier alpha value is -2.33. The van der Waals surface area contributed by atoms with Gasteiger partial charge in [0.1, 0.15) is 0 Å². The van der Waals surface area contributed by atoms with E-state index in [1.807, 2.05) is 6.07 Å². The van der Waals surface area contributed by atoms with Crippen LogP contribution >= 0.6 is 11.6 Å².